The molecule has 0 fully saturated rings. The van der Waals surface area contributed by atoms with Gasteiger partial charge in [0.25, 0.3) is 10.0 Å². The number of amides is 1. The van der Waals surface area contributed by atoms with E-state index >= 15 is 0 Å². The lowest BCUT2D eigenvalue weighted by Crippen LogP contribution is -2.17. The number of hydrogen-bond acceptors (Lipinski definition) is 4. The molecule has 0 unspecified atom stereocenters. The van der Waals surface area contributed by atoms with Crippen molar-refractivity contribution in [3.63, 3.8) is 0 Å². The Kier molecular flexibility index (Phi) is 5.42. The van der Waals surface area contributed by atoms with Crippen molar-refractivity contribution in [2.24, 2.45) is 0 Å². The van der Waals surface area contributed by atoms with Gasteiger partial charge in [0.15, 0.2) is 0 Å². The van der Waals surface area contributed by atoms with E-state index in [1.807, 2.05) is 30.3 Å². The largest absolute Gasteiger partial charge is 0.325 e. The first kappa shape index (κ1) is 21.8. The summed E-state index contributed by atoms with van der Waals surface area (Å²) in [7, 11) is -3.83. The van der Waals surface area contributed by atoms with Crippen molar-refractivity contribution in [3.8, 4) is 5.69 Å². The summed E-state index contributed by atoms with van der Waals surface area (Å²) in [5.41, 5.74) is 3.72. The van der Waals surface area contributed by atoms with Crippen LogP contribution in [0.4, 0.5) is 11.5 Å². The summed E-state index contributed by atoms with van der Waals surface area (Å²) in [5, 5.41) is 7.38. The molecule has 0 spiro atoms. The average molecular weight is 451 g/mol. The Hall–Kier alpha value is -3.39. The second-order valence-electron chi connectivity index (χ2n) is 8.86. The molecule has 2 N–H and O–H groups in total. The van der Waals surface area contributed by atoms with Crippen molar-refractivity contribution in [2.45, 2.75) is 44.4 Å². The molecular formula is C24H26N4O3S. The normalized spacial score (nSPS) is 13.9. The van der Waals surface area contributed by atoms with Crippen LogP contribution < -0.4 is 10.0 Å². The van der Waals surface area contributed by atoms with Crippen LogP contribution in [0.1, 0.15) is 44.0 Å². The third kappa shape index (κ3) is 4.31. The average Bonchev–Trinajstić information content (AvgIpc) is 2.95. The van der Waals surface area contributed by atoms with Gasteiger partial charge in [-0.1, -0.05) is 51.1 Å². The van der Waals surface area contributed by atoms with Gasteiger partial charge in [0.2, 0.25) is 5.91 Å². The standard InChI is InChI=1S/C24H26N4O3S/c1-16-15-22(27-32(30,31)18-13-11-17(12-14-18)24(2,3)4)28(26-16)21-9-6-8-20-19(21)7-5-10-23(29)25-20/h5-9,11-15,27H,10H2,1-4H3,(H,25,29). The minimum atomic E-state index is -3.83. The Bertz CT molecular complexity index is 1310. The first-order valence-electron chi connectivity index (χ1n) is 10.3. The van der Waals surface area contributed by atoms with Gasteiger partial charge in [0, 0.05) is 18.1 Å². The number of benzene rings is 2. The molecule has 0 aliphatic carbocycles. The van der Waals surface area contributed by atoms with E-state index in [4.69, 9.17) is 0 Å². The van der Waals surface area contributed by atoms with Gasteiger partial charge in [-0.25, -0.2) is 13.1 Å². The van der Waals surface area contributed by atoms with Crippen LogP contribution >= 0.6 is 0 Å². The molecule has 0 bridgehead atoms. The number of anilines is 2. The van der Waals surface area contributed by atoms with Crippen LogP contribution in [-0.4, -0.2) is 24.1 Å². The fraction of sp³-hybridized carbons (Fsp3) is 0.250. The number of carbonyl (C=O) groups excluding carboxylic acids is 1. The molecule has 1 aliphatic rings. The molecule has 1 aromatic heterocycles. The highest BCUT2D eigenvalue weighted by atomic mass is 32.2. The number of rotatable bonds is 4. The lowest BCUT2D eigenvalue weighted by atomic mass is 9.87. The van der Waals surface area contributed by atoms with E-state index in [9.17, 15) is 13.2 Å². The summed E-state index contributed by atoms with van der Waals surface area (Å²) in [6.45, 7) is 8.03. The Balaban J connectivity index is 1.73. The van der Waals surface area contributed by atoms with Gasteiger partial charge in [0.05, 0.1) is 22.0 Å². The second-order valence-corrected chi connectivity index (χ2v) is 10.5. The van der Waals surface area contributed by atoms with Crippen molar-refractivity contribution < 1.29 is 13.2 Å². The molecule has 0 saturated carbocycles. The summed E-state index contributed by atoms with van der Waals surface area (Å²) < 4.78 is 30.5. The predicted molar refractivity (Wildman–Crippen MR) is 127 cm³/mol. The summed E-state index contributed by atoms with van der Waals surface area (Å²) in [6, 6.07) is 14.0. The van der Waals surface area contributed by atoms with Crippen LogP contribution in [-0.2, 0) is 20.2 Å². The highest BCUT2D eigenvalue weighted by Crippen LogP contribution is 2.30. The van der Waals surface area contributed by atoms with Gasteiger partial charge in [-0.15, -0.1) is 0 Å². The maximum absolute atomic E-state index is 13.1. The van der Waals surface area contributed by atoms with Crippen LogP contribution in [0.3, 0.4) is 0 Å². The number of hydrogen-bond donors (Lipinski definition) is 2. The van der Waals surface area contributed by atoms with Gasteiger partial charge in [-0.05, 0) is 42.2 Å². The summed E-state index contributed by atoms with van der Waals surface area (Å²) in [5.74, 6) is 0.216. The number of fused-ring (bicyclic) bond motifs is 1. The van der Waals surface area contributed by atoms with Gasteiger partial charge in [0.1, 0.15) is 5.82 Å². The van der Waals surface area contributed by atoms with Crippen LogP contribution in [0, 0.1) is 6.92 Å². The summed E-state index contributed by atoms with van der Waals surface area (Å²) in [4.78, 5) is 12.1. The molecule has 0 saturated heterocycles. The van der Waals surface area contributed by atoms with Crippen LogP contribution in [0.15, 0.2) is 59.5 Å². The minimum Gasteiger partial charge on any atom is -0.325 e. The Morgan fingerprint density at radius 2 is 1.81 bits per heavy atom. The van der Waals surface area contributed by atoms with Crippen molar-refractivity contribution in [2.75, 3.05) is 10.0 Å². The zero-order valence-electron chi connectivity index (χ0n) is 18.5. The quantitative estimate of drug-likeness (QED) is 0.606. The number of aromatic nitrogens is 2. The van der Waals surface area contributed by atoms with Gasteiger partial charge >= 0.3 is 0 Å². The maximum Gasteiger partial charge on any atom is 0.263 e. The minimum absolute atomic E-state index is 0.0699. The Morgan fingerprint density at radius 3 is 2.50 bits per heavy atom. The maximum atomic E-state index is 13.1. The number of sulfonamides is 1. The number of nitrogens with one attached hydrogen (secondary N) is 2. The summed E-state index contributed by atoms with van der Waals surface area (Å²) >= 11 is 0. The smallest absolute Gasteiger partial charge is 0.263 e. The molecular weight excluding hydrogens is 424 g/mol. The van der Waals surface area contributed by atoms with Gasteiger partial charge in [-0.2, -0.15) is 5.10 Å². The highest BCUT2D eigenvalue weighted by molar-refractivity contribution is 7.92. The molecule has 4 rings (SSSR count). The summed E-state index contributed by atoms with van der Waals surface area (Å²) in [6.07, 6.45) is 3.90. The Labute approximate surface area is 188 Å². The third-order valence-electron chi connectivity index (χ3n) is 5.27. The molecule has 8 heteroatoms. The first-order valence-corrected chi connectivity index (χ1v) is 11.8. The van der Waals surface area contributed by atoms with Crippen LogP contribution in [0.2, 0.25) is 0 Å². The van der Waals surface area contributed by atoms with E-state index in [-0.39, 0.29) is 22.6 Å². The molecule has 1 aliphatic heterocycles. The lowest BCUT2D eigenvalue weighted by Gasteiger charge is -2.19. The number of nitrogens with zero attached hydrogens (tertiary/aromatic N) is 2. The van der Waals surface area contributed by atoms with E-state index < -0.39 is 10.0 Å². The Morgan fingerprint density at radius 1 is 1.09 bits per heavy atom. The van der Waals surface area contributed by atoms with E-state index in [1.54, 1.807) is 41.9 Å². The monoisotopic (exact) mass is 450 g/mol. The highest BCUT2D eigenvalue weighted by Gasteiger charge is 2.22. The molecule has 166 valence electrons. The van der Waals surface area contributed by atoms with E-state index in [0.717, 1.165) is 11.1 Å². The molecule has 2 heterocycles. The fourth-order valence-corrected chi connectivity index (χ4v) is 4.63. The van der Waals surface area contributed by atoms with Crippen LogP contribution in [0.5, 0.6) is 0 Å². The third-order valence-corrected chi connectivity index (χ3v) is 6.64. The lowest BCUT2D eigenvalue weighted by molar-refractivity contribution is -0.115. The van der Waals surface area contributed by atoms with Gasteiger partial charge in [-0.3, -0.25) is 9.52 Å². The predicted octanol–water partition coefficient (Wildman–Crippen LogP) is 4.63. The first-order chi connectivity index (χ1) is 15.0. The van der Waals surface area contributed by atoms with Crippen molar-refractivity contribution >= 4 is 33.5 Å². The number of carbonyl (C=O) groups is 1. The van der Waals surface area contributed by atoms with Gasteiger partial charge < -0.3 is 5.32 Å². The SMILES string of the molecule is Cc1cc(NS(=O)(=O)c2ccc(C(C)(C)C)cc2)n(-c2cccc3c2C=CCC(=O)N3)n1. The fourth-order valence-electron chi connectivity index (χ4n) is 3.59. The number of aryl methyl sites for hydroxylation is 1. The molecule has 0 atom stereocenters. The van der Waals surface area contributed by atoms with Crippen molar-refractivity contribution in [1.29, 1.82) is 0 Å². The molecule has 0 radical (unpaired) electrons. The van der Waals surface area contributed by atoms with E-state index in [0.29, 0.717) is 22.9 Å². The van der Waals surface area contributed by atoms with E-state index in [1.165, 1.54) is 0 Å². The topological polar surface area (TPSA) is 93.1 Å². The molecule has 32 heavy (non-hydrogen) atoms. The van der Waals surface area contributed by atoms with Crippen molar-refractivity contribution in [3.05, 3.63) is 71.4 Å². The van der Waals surface area contributed by atoms with Crippen molar-refractivity contribution in [1.82, 2.24) is 9.78 Å². The zero-order valence-corrected chi connectivity index (χ0v) is 19.3. The molecule has 2 aromatic carbocycles. The molecule has 3 aromatic rings. The zero-order chi connectivity index (χ0) is 23.1. The second kappa shape index (κ2) is 7.94. The van der Waals surface area contributed by atoms with Crippen LogP contribution in [0.25, 0.3) is 11.8 Å². The molecule has 7 nitrogen and oxygen atoms in total. The van der Waals surface area contributed by atoms with E-state index in [2.05, 4.69) is 35.9 Å². The molecule has 1 amide bonds.